The van der Waals surface area contributed by atoms with E-state index in [-0.39, 0.29) is 18.8 Å². The summed E-state index contributed by atoms with van der Waals surface area (Å²) in [6, 6.07) is 8.58. The van der Waals surface area contributed by atoms with E-state index in [1.165, 1.54) is 0 Å². The van der Waals surface area contributed by atoms with Crippen molar-refractivity contribution in [2.45, 2.75) is 45.3 Å². The average molecular weight is 377 g/mol. The van der Waals surface area contributed by atoms with Crippen LogP contribution >= 0.6 is 0 Å². The number of nitrogens with one attached hydrogen (secondary N) is 2. The van der Waals surface area contributed by atoms with Crippen LogP contribution in [-0.4, -0.2) is 54.2 Å². The maximum Gasteiger partial charge on any atom is 0.410 e. The average Bonchev–Trinajstić information content (AvgIpc) is 2.64. The lowest BCUT2D eigenvalue weighted by atomic mass is 10.1. The van der Waals surface area contributed by atoms with Crippen LogP contribution in [0.2, 0.25) is 0 Å². The fourth-order valence-electron chi connectivity index (χ4n) is 2.55. The monoisotopic (exact) mass is 377 g/mol. The van der Waals surface area contributed by atoms with Gasteiger partial charge in [-0.3, -0.25) is 20.4 Å². The van der Waals surface area contributed by atoms with Gasteiger partial charge in [-0.1, -0.05) is 18.2 Å². The van der Waals surface area contributed by atoms with E-state index in [0.717, 1.165) is 0 Å². The summed E-state index contributed by atoms with van der Waals surface area (Å²) in [6.07, 6.45) is 0.813. The molecule has 0 unspecified atom stereocenters. The first-order valence-electron chi connectivity index (χ1n) is 8.98. The van der Waals surface area contributed by atoms with Crippen LogP contribution in [0.25, 0.3) is 0 Å². The van der Waals surface area contributed by atoms with Crippen molar-refractivity contribution >= 4 is 17.9 Å². The highest BCUT2D eigenvalue weighted by Gasteiger charge is 2.27. The van der Waals surface area contributed by atoms with Crippen molar-refractivity contribution in [1.82, 2.24) is 15.8 Å². The molecule has 1 aliphatic rings. The summed E-state index contributed by atoms with van der Waals surface area (Å²) < 4.78 is 10.9. The van der Waals surface area contributed by atoms with Gasteiger partial charge in [0.05, 0.1) is 6.10 Å². The lowest BCUT2D eigenvalue weighted by Crippen LogP contribution is -2.46. The molecule has 1 aromatic rings. The zero-order chi connectivity index (χ0) is 19.9. The van der Waals surface area contributed by atoms with Crippen molar-refractivity contribution in [3.63, 3.8) is 0 Å². The van der Waals surface area contributed by atoms with Crippen molar-refractivity contribution in [1.29, 1.82) is 0 Å². The van der Waals surface area contributed by atoms with Gasteiger partial charge >= 0.3 is 6.09 Å². The number of hydrogen-bond donors (Lipinski definition) is 2. The SMILES string of the molecule is CC(C)(C)OC(=O)N1CCC(OCC(=O)NNC(=O)c2ccccc2)CC1. The van der Waals surface area contributed by atoms with E-state index >= 15 is 0 Å². The Bertz CT molecular complexity index is 649. The molecule has 0 radical (unpaired) electrons. The molecular formula is C19H27N3O5. The summed E-state index contributed by atoms with van der Waals surface area (Å²) in [6.45, 7) is 6.37. The minimum Gasteiger partial charge on any atom is -0.444 e. The van der Waals surface area contributed by atoms with Gasteiger partial charge in [0.25, 0.3) is 11.8 Å². The van der Waals surface area contributed by atoms with E-state index in [9.17, 15) is 14.4 Å². The van der Waals surface area contributed by atoms with Gasteiger partial charge in [0, 0.05) is 18.7 Å². The number of ether oxygens (including phenoxy) is 2. The first-order valence-corrected chi connectivity index (χ1v) is 8.98. The Hall–Kier alpha value is -2.61. The molecule has 1 aliphatic heterocycles. The molecule has 8 nitrogen and oxygen atoms in total. The standard InChI is InChI=1S/C19H27N3O5/c1-19(2,3)27-18(25)22-11-9-15(10-12-22)26-13-16(23)20-21-17(24)14-7-5-4-6-8-14/h4-8,15H,9-13H2,1-3H3,(H,20,23)(H,21,24). The predicted octanol–water partition coefficient (Wildman–Crippen LogP) is 1.86. The van der Waals surface area contributed by atoms with Gasteiger partial charge < -0.3 is 14.4 Å². The van der Waals surface area contributed by atoms with E-state index in [0.29, 0.717) is 31.5 Å². The fourth-order valence-corrected chi connectivity index (χ4v) is 2.55. The third-order valence-electron chi connectivity index (χ3n) is 3.90. The predicted molar refractivity (Wildman–Crippen MR) is 98.8 cm³/mol. The van der Waals surface area contributed by atoms with Gasteiger partial charge in [-0.2, -0.15) is 0 Å². The molecule has 2 N–H and O–H groups in total. The van der Waals surface area contributed by atoms with Gasteiger partial charge in [-0.05, 0) is 45.7 Å². The second-order valence-corrected chi connectivity index (χ2v) is 7.35. The Morgan fingerprint density at radius 3 is 2.30 bits per heavy atom. The molecule has 1 fully saturated rings. The van der Waals surface area contributed by atoms with Gasteiger partial charge in [-0.15, -0.1) is 0 Å². The molecule has 27 heavy (non-hydrogen) atoms. The topological polar surface area (TPSA) is 97.0 Å². The molecule has 1 heterocycles. The van der Waals surface area contributed by atoms with Gasteiger partial charge in [0.2, 0.25) is 0 Å². The van der Waals surface area contributed by atoms with Crippen LogP contribution in [0.4, 0.5) is 4.79 Å². The largest absolute Gasteiger partial charge is 0.444 e. The minimum atomic E-state index is -0.521. The van der Waals surface area contributed by atoms with Crippen molar-refractivity contribution < 1.29 is 23.9 Å². The van der Waals surface area contributed by atoms with Crippen LogP contribution in [0, 0.1) is 0 Å². The normalized spacial score (nSPS) is 15.1. The van der Waals surface area contributed by atoms with E-state index in [2.05, 4.69) is 10.9 Å². The van der Waals surface area contributed by atoms with Gasteiger partial charge in [-0.25, -0.2) is 4.79 Å². The highest BCUT2D eigenvalue weighted by Crippen LogP contribution is 2.17. The maximum absolute atomic E-state index is 12.0. The van der Waals surface area contributed by atoms with E-state index in [1.807, 2.05) is 20.8 Å². The zero-order valence-electron chi connectivity index (χ0n) is 16.0. The highest BCUT2D eigenvalue weighted by atomic mass is 16.6. The summed E-state index contributed by atoms with van der Waals surface area (Å²) in [7, 11) is 0. The minimum absolute atomic E-state index is 0.112. The molecule has 2 rings (SSSR count). The number of amides is 3. The molecule has 0 bridgehead atoms. The Labute approximate surface area is 159 Å². The maximum atomic E-state index is 12.0. The molecule has 8 heteroatoms. The van der Waals surface area contributed by atoms with Gasteiger partial charge in [0.1, 0.15) is 12.2 Å². The second-order valence-electron chi connectivity index (χ2n) is 7.35. The van der Waals surface area contributed by atoms with Crippen LogP contribution in [0.3, 0.4) is 0 Å². The molecule has 0 spiro atoms. The number of nitrogens with zero attached hydrogens (tertiary/aromatic N) is 1. The number of hydrogen-bond acceptors (Lipinski definition) is 5. The van der Waals surface area contributed by atoms with Crippen LogP contribution in [0.1, 0.15) is 44.0 Å². The van der Waals surface area contributed by atoms with Crippen LogP contribution in [0.15, 0.2) is 30.3 Å². The number of piperidine rings is 1. The number of likely N-dealkylation sites (tertiary alicyclic amines) is 1. The van der Waals surface area contributed by atoms with E-state index in [4.69, 9.17) is 9.47 Å². The van der Waals surface area contributed by atoms with Crippen molar-refractivity contribution in [2.75, 3.05) is 19.7 Å². The molecule has 148 valence electrons. The zero-order valence-corrected chi connectivity index (χ0v) is 16.0. The number of carbonyl (C=O) groups excluding carboxylic acids is 3. The quantitative estimate of drug-likeness (QED) is 0.781. The van der Waals surface area contributed by atoms with Crippen molar-refractivity contribution in [2.24, 2.45) is 0 Å². The summed E-state index contributed by atoms with van der Waals surface area (Å²) in [5, 5.41) is 0. The Kier molecular flexibility index (Phi) is 7.18. The molecule has 0 aromatic heterocycles. The molecule has 0 atom stereocenters. The van der Waals surface area contributed by atoms with Crippen LogP contribution in [-0.2, 0) is 14.3 Å². The van der Waals surface area contributed by atoms with Crippen LogP contribution in [0.5, 0.6) is 0 Å². The third kappa shape index (κ3) is 7.26. The highest BCUT2D eigenvalue weighted by molar-refractivity contribution is 5.95. The fraction of sp³-hybridized carbons (Fsp3) is 0.526. The molecule has 1 aromatic carbocycles. The lowest BCUT2D eigenvalue weighted by Gasteiger charge is -2.33. The summed E-state index contributed by atoms with van der Waals surface area (Å²) in [4.78, 5) is 37.3. The Morgan fingerprint density at radius 1 is 1.07 bits per heavy atom. The third-order valence-corrected chi connectivity index (χ3v) is 3.90. The summed E-state index contributed by atoms with van der Waals surface area (Å²) in [5.74, 6) is -0.830. The van der Waals surface area contributed by atoms with Gasteiger partial charge in [0.15, 0.2) is 0 Å². The number of carbonyl (C=O) groups is 3. The lowest BCUT2D eigenvalue weighted by molar-refractivity contribution is -0.129. The number of rotatable bonds is 4. The number of benzene rings is 1. The van der Waals surface area contributed by atoms with E-state index < -0.39 is 17.4 Å². The van der Waals surface area contributed by atoms with Crippen LogP contribution < -0.4 is 10.9 Å². The first-order chi connectivity index (χ1) is 12.7. The molecule has 0 aliphatic carbocycles. The summed E-state index contributed by atoms with van der Waals surface area (Å²) in [5.41, 5.74) is 4.60. The Morgan fingerprint density at radius 2 is 1.70 bits per heavy atom. The first kappa shape index (κ1) is 20.7. The van der Waals surface area contributed by atoms with Crippen molar-refractivity contribution in [3.05, 3.63) is 35.9 Å². The smallest absolute Gasteiger partial charge is 0.410 e. The summed E-state index contributed by atoms with van der Waals surface area (Å²) >= 11 is 0. The second kappa shape index (κ2) is 9.36. The molecule has 3 amide bonds. The molecule has 0 saturated carbocycles. The Balaban J connectivity index is 1.64. The molecular weight excluding hydrogens is 350 g/mol. The van der Waals surface area contributed by atoms with Crippen molar-refractivity contribution in [3.8, 4) is 0 Å². The van der Waals surface area contributed by atoms with E-state index in [1.54, 1.807) is 35.2 Å². The molecule has 1 saturated heterocycles. The number of hydrazine groups is 1.